The minimum absolute atomic E-state index is 0.405. The molecule has 0 saturated carbocycles. The van der Waals surface area contributed by atoms with Crippen LogP contribution in [-0.2, 0) is 0 Å². The Morgan fingerprint density at radius 2 is 1.86 bits per heavy atom. The fourth-order valence-electron chi connectivity index (χ4n) is 0.0943. The van der Waals surface area contributed by atoms with Gasteiger partial charge in [0.15, 0.2) is 6.29 Å². The third kappa shape index (κ3) is 2.52. The quantitative estimate of drug-likeness (QED) is 0.297. The summed E-state index contributed by atoms with van der Waals surface area (Å²) in [7, 11) is 0. The van der Waals surface area contributed by atoms with E-state index in [4.69, 9.17) is 21.1 Å². The summed E-state index contributed by atoms with van der Waals surface area (Å²) in [6, 6.07) is -0.931. The van der Waals surface area contributed by atoms with Gasteiger partial charge in [-0.15, -0.1) is 0 Å². The summed E-state index contributed by atoms with van der Waals surface area (Å²) in [5, 5.41) is 24.2. The molecule has 0 spiro atoms. The highest BCUT2D eigenvalue weighted by Gasteiger charge is 2.06. The zero-order valence-corrected chi connectivity index (χ0v) is 3.78. The average molecular weight is 107 g/mol. The van der Waals surface area contributed by atoms with Crippen molar-refractivity contribution in [1.82, 2.24) is 0 Å². The molecule has 0 rings (SSSR count). The van der Waals surface area contributed by atoms with E-state index in [1.807, 2.05) is 0 Å². The normalized spacial score (nSPS) is 15.0. The Balaban J connectivity index is 3.14. The van der Waals surface area contributed by atoms with Gasteiger partial charge < -0.3 is 21.1 Å². The van der Waals surface area contributed by atoms with Gasteiger partial charge in [0.05, 0.1) is 12.6 Å². The molecule has 0 aromatic heterocycles. The van der Waals surface area contributed by atoms with Gasteiger partial charge in [-0.2, -0.15) is 0 Å². The Labute approximate surface area is 41.2 Å². The number of nitrogens with two attached hydrogens (primary N) is 1. The Bertz CT molecular complexity index is 47.4. The molecule has 0 aliphatic heterocycles. The summed E-state index contributed by atoms with van der Waals surface area (Å²) < 4.78 is 0. The van der Waals surface area contributed by atoms with Gasteiger partial charge in [-0.3, -0.25) is 0 Å². The van der Waals surface area contributed by atoms with E-state index in [-0.39, 0.29) is 0 Å². The van der Waals surface area contributed by atoms with E-state index in [0.717, 1.165) is 0 Å². The molecule has 0 aromatic rings. The van der Waals surface area contributed by atoms with Crippen molar-refractivity contribution in [1.29, 1.82) is 0 Å². The second kappa shape index (κ2) is 2.92. The lowest BCUT2D eigenvalue weighted by atomic mass is 10.3. The van der Waals surface area contributed by atoms with Crippen molar-refractivity contribution in [3.63, 3.8) is 0 Å². The summed E-state index contributed by atoms with van der Waals surface area (Å²) in [6.07, 6.45) is -1.61. The Hall–Kier alpha value is -0.160. The summed E-state index contributed by atoms with van der Waals surface area (Å²) in [4.78, 5) is 0. The fourth-order valence-corrected chi connectivity index (χ4v) is 0.0943. The topological polar surface area (TPSA) is 86.7 Å². The van der Waals surface area contributed by atoms with E-state index < -0.39 is 18.9 Å². The molecule has 4 nitrogen and oxygen atoms in total. The van der Waals surface area contributed by atoms with Crippen LogP contribution in [0.4, 0.5) is 0 Å². The molecule has 0 aliphatic rings. The zero-order valence-electron chi connectivity index (χ0n) is 3.78. The van der Waals surface area contributed by atoms with E-state index >= 15 is 0 Å². The number of hydrogen-bond donors (Lipinski definition) is 4. The smallest absolute Gasteiger partial charge is 0.169 e. The van der Waals surface area contributed by atoms with Crippen LogP contribution in [-0.4, -0.2) is 34.3 Å². The Morgan fingerprint density at radius 3 is 1.86 bits per heavy atom. The summed E-state index contributed by atoms with van der Waals surface area (Å²) in [6.45, 7) is -0.405. The monoisotopic (exact) mass is 107 g/mol. The van der Waals surface area contributed by atoms with E-state index in [0.29, 0.717) is 0 Å². The van der Waals surface area contributed by atoms with Gasteiger partial charge in [-0.25, -0.2) is 0 Å². The summed E-state index contributed by atoms with van der Waals surface area (Å²) >= 11 is 0. The first-order valence-electron chi connectivity index (χ1n) is 1.91. The predicted octanol–water partition coefficient (Wildman–Crippen LogP) is -2.38. The molecule has 5 N–H and O–H groups in total. The van der Waals surface area contributed by atoms with E-state index in [1.54, 1.807) is 0 Å². The third-order valence-corrected chi connectivity index (χ3v) is 0.594. The lowest BCUT2D eigenvalue weighted by Crippen LogP contribution is -2.37. The highest BCUT2D eigenvalue weighted by atomic mass is 16.5. The molecule has 0 fully saturated rings. The first kappa shape index (κ1) is 6.84. The van der Waals surface area contributed by atoms with E-state index in [1.165, 1.54) is 0 Å². The molecule has 1 atom stereocenters. The lowest BCUT2D eigenvalue weighted by molar-refractivity contribution is -0.0680. The molecular formula is C3H9NO3. The van der Waals surface area contributed by atoms with Crippen LogP contribution in [0, 0.1) is 0 Å². The minimum Gasteiger partial charge on any atom is -0.395 e. The van der Waals surface area contributed by atoms with Crippen molar-refractivity contribution in [2.24, 2.45) is 5.73 Å². The van der Waals surface area contributed by atoms with E-state index in [2.05, 4.69) is 0 Å². The Kier molecular flexibility index (Phi) is 2.86. The maximum atomic E-state index is 8.09. The molecule has 0 radical (unpaired) electrons. The second-order valence-corrected chi connectivity index (χ2v) is 1.26. The standard InChI is InChI=1S/C3H9NO3/c4-2(1-5)3(6)7/h2-3,5-7H,1,4H2. The highest BCUT2D eigenvalue weighted by molar-refractivity contribution is 4.57. The van der Waals surface area contributed by atoms with Crippen molar-refractivity contribution < 1.29 is 15.3 Å². The van der Waals surface area contributed by atoms with Crippen LogP contribution in [0.5, 0.6) is 0 Å². The van der Waals surface area contributed by atoms with Crippen LogP contribution in [0.1, 0.15) is 0 Å². The maximum absolute atomic E-state index is 8.09. The predicted molar refractivity (Wildman–Crippen MR) is 23.3 cm³/mol. The second-order valence-electron chi connectivity index (χ2n) is 1.26. The number of aliphatic hydroxyl groups is 3. The lowest BCUT2D eigenvalue weighted by Gasteiger charge is -2.07. The van der Waals surface area contributed by atoms with Gasteiger partial charge in [-0.05, 0) is 0 Å². The largest absolute Gasteiger partial charge is 0.395 e. The van der Waals surface area contributed by atoms with Crippen molar-refractivity contribution in [2.45, 2.75) is 12.3 Å². The van der Waals surface area contributed by atoms with Gasteiger partial charge in [0.1, 0.15) is 0 Å². The van der Waals surface area contributed by atoms with Gasteiger partial charge in [0.2, 0.25) is 0 Å². The molecule has 0 bridgehead atoms. The summed E-state index contributed by atoms with van der Waals surface area (Å²) in [5.74, 6) is 0. The average Bonchev–Trinajstić information content (AvgIpc) is 1.65. The van der Waals surface area contributed by atoms with Gasteiger partial charge in [-0.1, -0.05) is 0 Å². The minimum atomic E-state index is -1.61. The van der Waals surface area contributed by atoms with Gasteiger partial charge in [0.25, 0.3) is 0 Å². The van der Waals surface area contributed by atoms with Crippen molar-refractivity contribution in [3.8, 4) is 0 Å². The van der Waals surface area contributed by atoms with Crippen molar-refractivity contribution in [3.05, 3.63) is 0 Å². The van der Waals surface area contributed by atoms with Gasteiger partial charge >= 0.3 is 0 Å². The van der Waals surface area contributed by atoms with Crippen molar-refractivity contribution >= 4 is 0 Å². The van der Waals surface area contributed by atoms with Crippen LogP contribution in [0.25, 0.3) is 0 Å². The molecule has 7 heavy (non-hydrogen) atoms. The summed E-state index contributed by atoms with van der Waals surface area (Å²) in [5.41, 5.74) is 4.87. The van der Waals surface area contributed by atoms with Crippen LogP contribution in [0.15, 0.2) is 0 Å². The van der Waals surface area contributed by atoms with Crippen LogP contribution in [0.2, 0.25) is 0 Å². The van der Waals surface area contributed by atoms with Crippen LogP contribution < -0.4 is 5.73 Å². The molecule has 4 heteroatoms. The first-order valence-corrected chi connectivity index (χ1v) is 1.91. The number of hydrogen-bond acceptors (Lipinski definition) is 4. The zero-order chi connectivity index (χ0) is 5.86. The number of rotatable bonds is 2. The van der Waals surface area contributed by atoms with Crippen molar-refractivity contribution in [2.75, 3.05) is 6.61 Å². The van der Waals surface area contributed by atoms with Crippen LogP contribution in [0.3, 0.4) is 0 Å². The Morgan fingerprint density at radius 1 is 1.43 bits per heavy atom. The molecule has 0 saturated heterocycles. The maximum Gasteiger partial charge on any atom is 0.169 e. The molecular weight excluding hydrogens is 98.0 g/mol. The SMILES string of the molecule is NC(CO)C(O)O. The molecule has 0 heterocycles. The highest BCUT2D eigenvalue weighted by Crippen LogP contribution is 1.79. The van der Waals surface area contributed by atoms with E-state index in [9.17, 15) is 0 Å². The fraction of sp³-hybridized carbons (Fsp3) is 1.00. The first-order chi connectivity index (χ1) is 3.18. The molecule has 0 amide bonds. The molecule has 44 valence electrons. The number of aliphatic hydroxyl groups excluding tert-OH is 2. The van der Waals surface area contributed by atoms with Crippen LogP contribution >= 0.6 is 0 Å². The molecule has 0 aromatic carbocycles. The molecule has 0 aliphatic carbocycles. The van der Waals surface area contributed by atoms with Gasteiger partial charge in [0, 0.05) is 0 Å². The third-order valence-electron chi connectivity index (χ3n) is 0.594. The molecule has 1 unspecified atom stereocenters.